The van der Waals surface area contributed by atoms with Crippen molar-refractivity contribution >= 4 is 0 Å². The molecule has 0 spiro atoms. The topological polar surface area (TPSA) is 21.3 Å². The average Bonchev–Trinajstić information content (AvgIpc) is 2.21. The molecule has 0 aromatic heterocycles. The summed E-state index contributed by atoms with van der Waals surface area (Å²) < 4.78 is 5.46. The smallest absolute Gasteiger partial charge is 0.0586 e. The summed E-state index contributed by atoms with van der Waals surface area (Å²) in [6, 6.07) is 6.74. The monoisotopic (exact) mass is 219 g/mol. The highest BCUT2D eigenvalue weighted by atomic mass is 16.5. The molecule has 0 aliphatic carbocycles. The zero-order valence-electron chi connectivity index (χ0n) is 10.5. The maximum absolute atomic E-state index is 5.46. The minimum atomic E-state index is 0.263. The summed E-state index contributed by atoms with van der Waals surface area (Å²) in [5.74, 6) is 0. The van der Waals surface area contributed by atoms with Crippen LogP contribution < -0.4 is 5.32 Å². The molecule has 1 saturated heterocycles. The first-order valence-corrected chi connectivity index (χ1v) is 5.98. The van der Waals surface area contributed by atoms with Crippen molar-refractivity contribution in [3.05, 3.63) is 34.9 Å². The third-order valence-corrected chi connectivity index (χ3v) is 3.57. The van der Waals surface area contributed by atoms with Crippen molar-refractivity contribution in [2.75, 3.05) is 26.8 Å². The van der Waals surface area contributed by atoms with Gasteiger partial charge in [-0.2, -0.15) is 0 Å². The molecule has 0 bridgehead atoms. The van der Waals surface area contributed by atoms with Crippen LogP contribution in [0.15, 0.2) is 18.2 Å². The first kappa shape index (κ1) is 11.6. The number of rotatable bonds is 4. The summed E-state index contributed by atoms with van der Waals surface area (Å²) in [5, 5.41) is 3.24. The Morgan fingerprint density at radius 1 is 1.31 bits per heavy atom. The minimum Gasteiger partial charge on any atom is -0.379 e. The van der Waals surface area contributed by atoms with Gasteiger partial charge in [-0.3, -0.25) is 0 Å². The van der Waals surface area contributed by atoms with Gasteiger partial charge in [0.05, 0.1) is 13.2 Å². The largest absolute Gasteiger partial charge is 0.379 e. The van der Waals surface area contributed by atoms with E-state index in [0.29, 0.717) is 0 Å². The number of hydrogen-bond donors (Lipinski definition) is 1. The van der Waals surface area contributed by atoms with Crippen molar-refractivity contribution in [2.24, 2.45) is 0 Å². The number of benzene rings is 1. The van der Waals surface area contributed by atoms with E-state index < -0.39 is 0 Å². The molecule has 1 aliphatic rings. The summed E-state index contributed by atoms with van der Waals surface area (Å²) in [6.07, 6.45) is 1.16. The zero-order chi connectivity index (χ0) is 11.6. The fourth-order valence-corrected chi connectivity index (χ4v) is 2.45. The van der Waals surface area contributed by atoms with Gasteiger partial charge < -0.3 is 10.1 Å². The highest BCUT2D eigenvalue weighted by molar-refractivity contribution is 5.38. The van der Waals surface area contributed by atoms with Crippen molar-refractivity contribution in [1.29, 1.82) is 0 Å². The van der Waals surface area contributed by atoms with Crippen molar-refractivity contribution in [1.82, 2.24) is 5.32 Å². The number of nitrogens with one attached hydrogen (secondary N) is 1. The fraction of sp³-hybridized carbons (Fsp3) is 0.571. The molecule has 0 radical (unpaired) electrons. The molecule has 1 aromatic carbocycles. The Balaban J connectivity index is 2.28. The molecule has 1 fully saturated rings. The summed E-state index contributed by atoms with van der Waals surface area (Å²) >= 11 is 0. The molecule has 1 heterocycles. The van der Waals surface area contributed by atoms with Crippen LogP contribution in [0, 0.1) is 13.8 Å². The van der Waals surface area contributed by atoms with Gasteiger partial charge in [-0.25, -0.2) is 0 Å². The lowest BCUT2D eigenvalue weighted by molar-refractivity contribution is -0.0641. The zero-order valence-corrected chi connectivity index (χ0v) is 10.5. The van der Waals surface area contributed by atoms with E-state index in [9.17, 15) is 0 Å². The Hall–Kier alpha value is -0.860. The van der Waals surface area contributed by atoms with Gasteiger partial charge in [-0.15, -0.1) is 0 Å². The Morgan fingerprint density at radius 2 is 2.06 bits per heavy atom. The van der Waals surface area contributed by atoms with E-state index in [2.05, 4.69) is 37.4 Å². The van der Waals surface area contributed by atoms with Crippen molar-refractivity contribution < 1.29 is 4.74 Å². The summed E-state index contributed by atoms with van der Waals surface area (Å²) in [7, 11) is 2.01. The summed E-state index contributed by atoms with van der Waals surface area (Å²) in [6.45, 7) is 7.16. The second kappa shape index (κ2) is 4.56. The van der Waals surface area contributed by atoms with Crippen molar-refractivity contribution in [2.45, 2.75) is 25.7 Å². The van der Waals surface area contributed by atoms with Crippen LogP contribution in [0.2, 0.25) is 0 Å². The van der Waals surface area contributed by atoms with E-state index in [1.54, 1.807) is 0 Å². The van der Waals surface area contributed by atoms with Crippen LogP contribution in [0.3, 0.4) is 0 Å². The van der Waals surface area contributed by atoms with Crippen LogP contribution in [0.5, 0.6) is 0 Å². The molecule has 1 aliphatic heterocycles. The molecular weight excluding hydrogens is 198 g/mol. The Labute approximate surface area is 98.0 Å². The first-order valence-electron chi connectivity index (χ1n) is 5.98. The number of ether oxygens (including phenoxy) is 1. The highest BCUT2D eigenvalue weighted by Crippen LogP contribution is 2.37. The molecule has 1 N–H and O–H groups in total. The summed E-state index contributed by atoms with van der Waals surface area (Å²) in [5.41, 5.74) is 4.48. The van der Waals surface area contributed by atoms with E-state index in [-0.39, 0.29) is 5.41 Å². The van der Waals surface area contributed by atoms with Gasteiger partial charge in [0.2, 0.25) is 0 Å². The van der Waals surface area contributed by atoms with Crippen LogP contribution in [0.25, 0.3) is 0 Å². The van der Waals surface area contributed by atoms with Crippen molar-refractivity contribution in [3.63, 3.8) is 0 Å². The first-order chi connectivity index (χ1) is 7.68. The standard InChI is InChI=1S/C14H21NO/c1-11-4-5-12(2)13(8-11)14(6-7-15-3)9-16-10-14/h4-5,8,15H,6-7,9-10H2,1-3H3. The molecule has 0 saturated carbocycles. The lowest BCUT2D eigenvalue weighted by atomic mass is 9.73. The molecule has 2 heteroatoms. The Kier molecular flexibility index (Phi) is 3.31. The van der Waals surface area contributed by atoms with Crippen LogP contribution >= 0.6 is 0 Å². The van der Waals surface area contributed by atoms with E-state index in [1.807, 2.05) is 7.05 Å². The highest BCUT2D eigenvalue weighted by Gasteiger charge is 2.40. The van der Waals surface area contributed by atoms with E-state index >= 15 is 0 Å². The lowest BCUT2D eigenvalue weighted by Gasteiger charge is -2.43. The van der Waals surface area contributed by atoms with Gasteiger partial charge in [0.15, 0.2) is 0 Å². The average molecular weight is 219 g/mol. The van der Waals surface area contributed by atoms with Gasteiger partial charge >= 0.3 is 0 Å². The molecule has 88 valence electrons. The summed E-state index contributed by atoms with van der Waals surface area (Å²) in [4.78, 5) is 0. The second-order valence-electron chi connectivity index (χ2n) is 4.95. The van der Waals surface area contributed by atoms with Gasteiger partial charge in [-0.1, -0.05) is 23.8 Å². The molecule has 2 rings (SSSR count). The Bertz CT molecular complexity index is 369. The Morgan fingerprint density at radius 3 is 2.62 bits per heavy atom. The maximum atomic E-state index is 5.46. The molecule has 0 atom stereocenters. The maximum Gasteiger partial charge on any atom is 0.0586 e. The normalized spacial score (nSPS) is 18.2. The SMILES string of the molecule is CNCCC1(c2cc(C)ccc2C)COC1. The molecule has 1 aromatic rings. The quantitative estimate of drug-likeness (QED) is 0.838. The van der Waals surface area contributed by atoms with E-state index in [0.717, 1.165) is 26.2 Å². The van der Waals surface area contributed by atoms with Gasteiger partial charge in [-0.05, 0) is 45.0 Å². The number of hydrogen-bond acceptors (Lipinski definition) is 2. The van der Waals surface area contributed by atoms with Crippen LogP contribution in [-0.2, 0) is 10.2 Å². The number of aryl methyl sites for hydroxylation is 2. The van der Waals surface area contributed by atoms with Gasteiger partial charge in [0.1, 0.15) is 0 Å². The molecule has 0 amide bonds. The minimum absolute atomic E-state index is 0.263. The van der Waals surface area contributed by atoms with Crippen molar-refractivity contribution in [3.8, 4) is 0 Å². The third-order valence-electron chi connectivity index (χ3n) is 3.57. The van der Waals surface area contributed by atoms with Gasteiger partial charge in [0.25, 0.3) is 0 Å². The van der Waals surface area contributed by atoms with Crippen LogP contribution in [-0.4, -0.2) is 26.8 Å². The lowest BCUT2D eigenvalue weighted by Crippen LogP contribution is -2.48. The predicted octanol–water partition coefficient (Wildman–Crippen LogP) is 2.18. The molecule has 0 unspecified atom stereocenters. The van der Waals surface area contributed by atoms with Gasteiger partial charge in [0, 0.05) is 5.41 Å². The second-order valence-corrected chi connectivity index (χ2v) is 4.95. The van der Waals surface area contributed by atoms with Crippen LogP contribution in [0.1, 0.15) is 23.1 Å². The fourth-order valence-electron chi connectivity index (χ4n) is 2.45. The van der Waals surface area contributed by atoms with E-state index in [4.69, 9.17) is 4.74 Å². The molecule has 2 nitrogen and oxygen atoms in total. The van der Waals surface area contributed by atoms with Crippen LogP contribution in [0.4, 0.5) is 0 Å². The third kappa shape index (κ3) is 2.00. The van der Waals surface area contributed by atoms with E-state index in [1.165, 1.54) is 16.7 Å². The molecule has 16 heavy (non-hydrogen) atoms. The molecular formula is C14H21NO. The predicted molar refractivity (Wildman–Crippen MR) is 67.0 cm³/mol.